The summed E-state index contributed by atoms with van der Waals surface area (Å²) in [6, 6.07) is 28.8. The van der Waals surface area contributed by atoms with Gasteiger partial charge in [0.05, 0.1) is 17.6 Å². The Hall–Kier alpha value is -7.14. The van der Waals surface area contributed by atoms with Crippen molar-refractivity contribution in [3.8, 4) is 0 Å². The molecule has 0 aromatic heterocycles. The van der Waals surface area contributed by atoms with E-state index in [0.29, 0.717) is 59.7 Å². The molecule has 1 heterocycles. The van der Waals surface area contributed by atoms with Gasteiger partial charge in [0.15, 0.2) is 0 Å². The predicted molar refractivity (Wildman–Crippen MR) is 256 cm³/mol. The Bertz CT molecular complexity index is 2390. The van der Waals surface area contributed by atoms with Crippen molar-refractivity contribution in [3.05, 3.63) is 141 Å². The number of esters is 1. The van der Waals surface area contributed by atoms with E-state index in [0.717, 1.165) is 28.5 Å². The Morgan fingerprint density at radius 3 is 1.76 bits per heavy atom. The molecule has 0 radical (unpaired) electrons. The van der Waals surface area contributed by atoms with E-state index in [9.17, 15) is 33.6 Å². The van der Waals surface area contributed by atoms with Crippen molar-refractivity contribution >= 4 is 59.7 Å². The second-order valence-electron chi connectivity index (χ2n) is 16.8. The molecule has 0 spiro atoms. The molecular weight excluding hydrogens is 891 g/mol. The number of amides is 5. The SMILES string of the molecule is COC(=O)[C@H](CCCCNC(=O)OCc1ccccc1)NC(=O)c1cccc2c1S/C(=C\c1ccc(CNC(=O)[C@H](CCCCNC(=O)OCc3ccccc3)NC(=O)OC(C)(C)C)cc1)C2=O. The van der Waals surface area contributed by atoms with Gasteiger partial charge in [-0.2, -0.15) is 0 Å². The monoisotopic (exact) mass is 949 g/mol. The van der Waals surface area contributed by atoms with Crippen LogP contribution in [0.3, 0.4) is 0 Å². The Balaban J connectivity index is 1.10. The number of allylic oxidation sites excluding steroid dienone is 1. The van der Waals surface area contributed by atoms with Gasteiger partial charge in [0, 0.05) is 30.1 Å². The first-order chi connectivity index (χ1) is 32.7. The first-order valence-electron chi connectivity index (χ1n) is 22.4. The van der Waals surface area contributed by atoms with Crippen LogP contribution in [0, 0.1) is 0 Å². The summed E-state index contributed by atoms with van der Waals surface area (Å²) >= 11 is 1.16. The first-order valence-corrected chi connectivity index (χ1v) is 23.2. The number of rotatable bonds is 22. The van der Waals surface area contributed by atoms with Gasteiger partial charge in [-0.05, 0) is 99.8 Å². The number of methoxy groups -OCH3 is 1. The topological polar surface area (TPSA) is 217 Å². The number of hydrogen-bond acceptors (Lipinski definition) is 12. The Morgan fingerprint density at radius 2 is 1.21 bits per heavy atom. The summed E-state index contributed by atoms with van der Waals surface area (Å²) in [5.41, 5.74) is 3.04. The van der Waals surface area contributed by atoms with Crippen LogP contribution in [0.15, 0.2) is 113 Å². The smallest absolute Gasteiger partial charge is 0.408 e. The quantitative estimate of drug-likeness (QED) is 0.0219. The van der Waals surface area contributed by atoms with Gasteiger partial charge in [-0.3, -0.25) is 14.4 Å². The fourth-order valence-electron chi connectivity index (χ4n) is 6.81. The molecule has 5 N–H and O–H groups in total. The van der Waals surface area contributed by atoms with E-state index < -0.39 is 53.7 Å². The molecule has 2 atom stereocenters. The molecule has 17 heteroatoms. The van der Waals surface area contributed by atoms with E-state index in [1.54, 1.807) is 57.2 Å². The zero-order valence-corrected chi connectivity index (χ0v) is 39.5. The number of thioether (sulfide) groups is 1. The van der Waals surface area contributed by atoms with Crippen molar-refractivity contribution in [3.63, 3.8) is 0 Å². The number of carbonyl (C=O) groups is 7. The molecule has 4 aromatic rings. The number of unbranched alkanes of at least 4 members (excludes halogenated alkanes) is 2. The lowest BCUT2D eigenvalue weighted by atomic mass is 10.0. The van der Waals surface area contributed by atoms with Gasteiger partial charge in [-0.1, -0.05) is 103 Å². The van der Waals surface area contributed by atoms with Crippen LogP contribution in [-0.4, -0.2) is 79.7 Å². The lowest BCUT2D eigenvalue weighted by molar-refractivity contribution is -0.143. The van der Waals surface area contributed by atoms with Crippen molar-refractivity contribution in [2.24, 2.45) is 0 Å². The van der Waals surface area contributed by atoms with Crippen LogP contribution < -0.4 is 26.6 Å². The summed E-state index contributed by atoms with van der Waals surface area (Å²) in [6.45, 7) is 6.26. The number of Topliss-reactive ketones (excluding diaryl/α,β-unsaturated/α-hetero) is 1. The molecule has 5 amide bonds. The van der Waals surface area contributed by atoms with Crippen LogP contribution in [0.5, 0.6) is 0 Å². The number of fused-ring (bicyclic) bond motifs is 1. The maximum atomic E-state index is 13.6. The van der Waals surface area contributed by atoms with Crippen molar-refractivity contribution < 1.29 is 52.5 Å². The van der Waals surface area contributed by atoms with Crippen LogP contribution in [0.2, 0.25) is 0 Å². The van der Waals surface area contributed by atoms with Crippen LogP contribution in [0.25, 0.3) is 6.08 Å². The molecule has 0 saturated carbocycles. The minimum Gasteiger partial charge on any atom is -0.467 e. The molecule has 0 unspecified atom stereocenters. The molecule has 4 aromatic carbocycles. The standard InChI is InChI=1S/C51H59N5O11S/c1-51(2,3)67-50(63)56-40(22-11-13-28-52-48(61)65-32-36-16-7-5-8-17-36)46(59)54-31-35-26-24-34(25-27-35)30-42-43(57)38-20-15-21-39(44(38)68-42)45(58)55-41(47(60)64-4)23-12-14-29-53-49(62)66-33-37-18-9-6-10-19-37/h5-10,15-21,24-27,30,40-41H,11-14,22-23,28-29,31-33H2,1-4H3,(H,52,61)(H,53,62)(H,54,59)(H,55,58)(H,56,63)/b42-30-/t40-,41-/m0/s1. The molecule has 0 bridgehead atoms. The maximum absolute atomic E-state index is 13.6. The van der Waals surface area contributed by atoms with E-state index in [-0.39, 0.29) is 43.9 Å². The van der Waals surface area contributed by atoms with Crippen molar-refractivity contribution in [2.75, 3.05) is 20.2 Å². The average Bonchev–Trinajstić information content (AvgIpc) is 3.65. The van der Waals surface area contributed by atoms with Crippen molar-refractivity contribution in [1.82, 2.24) is 26.6 Å². The third kappa shape index (κ3) is 17.3. The Labute approximate surface area is 400 Å². The molecule has 1 aliphatic heterocycles. The second kappa shape index (κ2) is 26.3. The van der Waals surface area contributed by atoms with Crippen LogP contribution in [-0.2, 0) is 48.3 Å². The van der Waals surface area contributed by atoms with Crippen LogP contribution in [0.4, 0.5) is 14.4 Å². The molecular formula is C51H59N5O11S. The third-order valence-electron chi connectivity index (χ3n) is 10.3. The molecule has 5 rings (SSSR count). The molecule has 0 aliphatic carbocycles. The third-order valence-corrected chi connectivity index (χ3v) is 11.5. The summed E-state index contributed by atoms with van der Waals surface area (Å²) in [4.78, 5) is 91.0. The summed E-state index contributed by atoms with van der Waals surface area (Å²) < 4.78 is 20.8. The van der Waals surface area contributed by atoms with E-state index in [1.165, 1.54) is 7.11 Å². The van der Waals surface area contributed by atoms with E-state index in [2.05, 4.69) is 26.6 Å². The van der Waals surface area contributed by atoms with Gasteiger partial charge in [-0.25, -0.2) is 19.2 Å². The highest BCUT2D eigenvalue weighted by Crippen LogP contribution is 2.43. The van der Waals surface area contributed by atoms with Crippen molar-refractivity contribution in [1.29, 1.82) is 0 Å². The molecule has 68 heavy (non-hydrogen) atoms. The van der Waals surface area contributed by atoms with Gasteiger partial charge >= 0.3 is 24.2 Å². The number of benzene rings is 4. The largest absolute Gasteiger partial charge is 0.467 e. The normalized spacial score (nSPS) is 13.3. The molecule has 16 nitrogen and oxygen atoms in total. The van der Waals surface area contributed by atoms with Gasteiger partial charge in [0.2, 0.25) is 11.7 Å². The number of ether oxygens (including phenoxy) is 4. The Morgan fingerprint density at radius 1 is 0.632 bits per heavy atom. The number of carbonyl (C=O) groups excluding carboxylic acids is 7. The van der Waals surface area contributed by atoms with Gasteiger partial charge in [0.1, 0.15) is 30.9 Å². The minimum absolute atomic E-state index is 0.144. The molecule has 1 aliphatic rings. The van der Waals surface area contributed by atoms with E-state index in [1.807, 2.05) is 72.8 Å². The van der Waals surface area contributed by atoms with Crippen molar-refractivity contribution in [2.45, 2.75) is 102 Å². The molecule has 360 valence electrons. The zero-order chi connectivity index (χ0) is 48.9. The van der Waals surface area contributed by atoms with Crippen LogP contribution >= 0.6 is 11.8 Å². The highest BCUT2D eigenvalue weighted by molar-refractivity contribution is 8.05. The van der Waals surface area contributed by atoms with Gasteiger partial charge in [0.25, 0.3) is 5.91 Å². The molecule has 0 fully saturated rings. The fourth-order valence-corrected chi connectivity index (χ4v) is 7.97. The minimum atomic E-state index is -0.960. The summed E-state index contributed by atoms with van der Waals surface area (Å²) in [5, 5.41) is 13.7. The van der Waals surface area contributed by atoms with Gasteiger partial charge in [-0.15, -0.1) is 0 Å². The summed E-state index contributed by atoms with van der Waals surface area (Å²) in [5.74, 6) is -1.82. The highest BCUT2D eigenvalue weighted by atomic mass is 32.2. The van der Waals surface area contributed by atoms with E-state index in [4.69, 9.17) is 18.9 Å². The lowest BCUT2D eigenvalue weighted by Crippen LogP contribution is -2.48. The lowest BCUT2D eigenvalue weighted by Gasteiger charge is -2.23. The Kier molecular flexibility index (Phi) is 20.0. The average molecular weight is 950 g/mol. The zero-order valence-electron chi connectivity index (χ0n) is 38.7. The fraction of sp³-hybridized carbons (Fsp3) is 0.353. The highest BCUT2D eigenvalue weighted by Gasteiger charge is 2.32. The van der Waals surface area contributed by atoms with E-state index >= 15 is 0 Å². The first kappa shape index (κ1) is 51.8. The number of nitrogens with one attached hydrogen (secondary N) is 5. The number of ketones is 1. The van der Waals surface area contributed by atoms with Gasteiger partial charge < -0.3 is 45.5 Å². The summed E-state index contributed by atoms with van der Waals surface area (Å²) in [6.07, 6.45) is 2.48. The van der Waals surface area contributed by atoms with Crippen LogP contribution in [0.1, 0.15) is 102 Å². The second-order valence-corrected chi connectivity index (χ2v) is 17.9. The molecule has 0 saturated heterocycles. The maximum Gasteiger partial charge on any atom is 0.408 e. The number of hydrogen-bond donors (Lipinski definition) is 5. The number of alkyl carbamates (subject to hydrolysis) is 3. The predicted octanol–water partition coefficient (Wildman–Crippen LogP) is 7.99. The summed E-state index contributed by atoms with van der Waals surface area (Å²) in [7, 11) is 1.24.